The van der Waals surface area contributed by atoms with Crippen LogP contribution in [0.5, 0.6) is 11.5 Å². The lowest BCUT2D eigenvalue weighted by Crippen LogP contribution is -2.17. The number of hydrogen-bond donors (Lipinski definition) is 1. The molecule has 0 saturated carbocycles. The highest BCUT2D eigenvalue weighted by molar-refractivity contribution is 7.19. The lowest BCUT2D eigenvalue weighted by Gasteiger charge is -2.11. The van der Waals surface area contributed by atoms with Crippen LogP contribution in [0, 0.1) is 11.3 Å². The van der Waals surface area contributed by atoms with Crippen LogP contribution >= 0.6 is 11.3 Å². The van der Waals surface area contributed by atoms with E-state index in [2.05, 4.69) is 20.4 Å². The number of nitriles is 1. The molecular formula is C24H26N6O3S. The molecular weight excluding hydrogens is 452 g/mol. The fourth-order valence-corrected chi connectivity index (χ4v) is 4.47. The number of amides is 1. The van der Waals surface area contributed by atoms with Gasteiger partial charge in [-0.15, -0.1) is 10.2 Å². The second kappa shape index (κ2) is 11.3. The van der Waals surface area contributed by atoms with Crippen molar-refractivity contribution < 1.29 is 14.3 Å². The summed E-state index contributed by atoms with van der Waals surface area (Å²) in [6.07, 6.45) is 6.50. The molecule has 0 spiro atoms. The molecule has 1 aliphatic rings. The van der Waals surface area contributed by atoms with Gasteiger partial charge < -0.3 is 18.9 Å². The number of aryl methyl sites for hydroxylation is 1. The van der Waals surface area contributed by atoms with Gasteiger partial charge in [-0.25, -0.2) is 0 Å². The van der Waals surface area contributed by atoms with Gasteiger partial charge in [-0.2, -0.15) is 5.26 Å². The lowest BCUT2D eigenvalue weighted by atomic mass is 10.2. The monoisotopic (exact) mass is 478 g/mol. The number of carbonyl (C=O) groups excluding carboxylic acids is 1. The number of rotatable bonds is 10. The number of anilines is 2. The Bertz CT molecular complexity index is 1190. The molecule has 1 aromatic carbocycles. The van der Waals surface area contributed by atoms with Crippen LogP contribution in [0.15, 0.2) is 48.2 Å². The third kappa shape index (κ3) is 5.74. The smallest absolute Gasteiger partial charge is 0.268 e. The molecule has 176 valence electrons. The first-order valence-electron chi connectivity index (χ1n) is 11.1. The molecule has 2 aromatic heterocycles. The molecule has 1 N–H and O–H groups in total. The second-order valence-corrected chi connectivity index (χ2v) is 8.64. The molecule has 9 nitrogen and oxygen atoms in total. The Labute approximate surface area is 202 Å². The van der Waals surface area contributed by atoms with Gasteiger partial charge in [0.1, 0.15) is 11.6 Å². The molecule has 1 fully saturated rings. The van der Waals surface area contributed by atoms with Gasteiger partial charge in [0.25, 0.3) is 5.91 Å². The Hall–Kier alpha value is -3.84. The molecule has 1 amide bonds. The minimum absolute atomic E-state index is 0.00291. The molecule has 0 atom stereocenters. The van der Waals surface area contributed by atoms with E-state index in [4.69, 9.17) is 9.47 Å². The van der Waals surface area contributed by atoms with Gasteiger partial charge in [0.05, 0.1) is 13.7 Å². The van der Waals surface area contributed by atoms with Gasteiger partial charge in [-0.05, 0) is 49.6 Å². The summed E-state index contributed by atoms with van der Waals surface area (Å²) in [5.74, 6) is 0.893. The average Bonchev–Trinajstić information content (AvgIpc) is 3.62. The van der Waals surface area contributed by atoms with E-state index in [0.717, 1.165) is 43.2 Å². The van der Waals surface area contributed by atoms with Gasteiger partial charge in [0, 0.05) is 31.5 Å². The molecule has 1 aliphatic heterocycles. The van der Waals surface area contributed by atoms with Crippen molar-refractivity contribution in [2.24, 2.45) is 0 Å². The van der Waals surface area contributed by atoms with E-state index < -0.39 is 5.91 Å². The number of nitrogens with zero attached hydrogens (tertiary/aromatic N) is 5. The van der Waals surface area contributed by atoms with Crippen LogP contribution in [-0.2, 0) is 11.3 Å². The normalized spacial score (nSPS) is 13.5. The van der Waals surface area contributed by atoms with Gasteiger partial charge in [-0.1, -0.05) is 23.5 Å². The minimum atomic E-state index is -0.501. The van der Waals surface area contributed by atoms with Crippen molar-refractivity contribution in [3.05, 3.63) is 53.9 Å². The lowest BCUT2D eigenvalue weighted by molar-refractivity contribution is -0.112. The Morgan fingerprint density at radius 1 is 1.21 bits per heavy atom. The molecule has 0 aliphatic carbocycles. The summed E-state index contributed by atoms with van der Waals surface area (Å²) in [5.41, 5.74) is 0.766. The fraction of sp³-hybridized carbons (Fsp3) is 0.333. The molecule has 34 heavy (non-hydrogen) atoms. The van der Waals surface area contributed by atoms with E-state index >= 15 is 0 Å². The number of methoxy groups -OCH3 is 1. The first-order valence-corrected chi connectivity index (χ1v) is 11.9. The molecule has 3 aromatic rings. The van der Waals surface area contributed by atoms with E-state index in [0.29, 0.717) is 29.8 Å². The van der Waals surface area contributed by atoms with E-state index in [1.165, 1.54) is 11.3 Å². The van der Waals surface area contributed by atoms with Gasteiger partial charge >= 0.3 is 0 Å². The highest BCUT2D eigenvalue weighted by Crippen LogP contribution is 2.27. The van der Waals surface area contributed by atoms with Gasteiger partial charge in [-0.3, -0.25) is 10.1 Å². The van der Waals surface area contributed by atoms with Crippen LogP contribution in [-0.4, -0.2) is 47.5 Å². The van der Waals surface area contributed by atoms with Crippen molar-refractivity contribution in [3.63, 3.8) is 0 Å². The van der Waals surface area contributed by atoms with Crippen molar-refractivity contribution in [1.29, 1.82) is 5.26 Å². The predicted molar refractivity (Wildman–Crippen MR) is 131 cm³/mol. The average molecular weight is 479 g/mol. The number of hydrogen-bond acceptors (Lipinski definition) is 8. The Kier molecular flexibility index (Phi) is 7.78. The van der Waals surface area contributed by atoms with Gasteiger partial charge in [0.15, 0.2) is 11.5 Å². The zero-order chi connectivity index (χ0) is 23.8. The van der Waals surface area contributed by atoms with Crippen molar-refractivity contribution in [2.75, 3.05) is 37.0 Å². The van der Waals surface area contributed by atoms with E-state index in [1.807, 2.05) is 53.2 Å². The van der Waals surface area contributed by atoms with Crippen LogP contribution in [0.2, 0.25) is 0 Å². The second-order valence-electron chi connectivity index (χ2n) is 7.69. The molecule has 4 rings (SSSR count). The standard InChI is InChI=1S/C24H26N6O3S/c1-32-20-9-2-3-10-21(20)33-15-7-14-29-13-6-8-19(29)16-18(17-25)22(31)26-23-27-28-24(34-23)30-11-4-5-12-30/h2-3,6,8-10,13,16H,4-5,7,11-12,14-15H2,1H3,(H,26,27,31). The molecule has 1 saturated heterocycles. The summed E-state index contributed by atoms with van der Waals surface area (Å²) in [6.45, 7) is 3.08. The Morgan fingerprint density at radius 3 is 2.76 bits per heavy atom. The molecule has 0 unspecified atom stereocenters. The third-order valence-electron chi connectivity index (χ3n) is 5.40. The summed E-state index contributed by atoms with van der Waals surface area (Å²) in [5, 5.41) is 21.6. The fourth-order valence-electron chi connectivity index (χ4n) is 3.68. The van der Waals surface area contributed by atoms with E-state index in [9.17, 15) is 10.1 Å². The van der Waals surface area contributed by atoms with Crippen molar-refractivity contribution in [1.82, 2.24) is 14.8 Å². The largest absolute Gasteiger partial charge is 0.493 e. The SMILES string of the molecule is COc1ccccc1OCCCn1cccc1C=C(C#N)C(=O)Nc1nnc(N2CCCC2)s1. The predicted octanol–water partition coefficient (Wildman–Crippen LogP) is 3.96. The van der Waals surface area contributed by atoms with Gasteiger partial charge in [0.2, 0.25) is 10.3 Å². The quantitative estimate of drug-likeness (QED) is 0.267. The third-order valence-corrected chi connectivity index (χ3v) is 6.30. The zero-order valence-corrected chi connectivity index (χ0v) is 19.8. The summed E-state index contributed by atoms with van der Waals surface area (Å²) < 4.78 is 13.1. The summed E-state index contributed by atoms with van der Waals surface area (Å²) in [7, 11) is 1.61. The number of aromatic nitrogens is 3. The topological polar surface area (TPSA) is 105 Å². The molecule has 3 heterocycles. The Balaban J connectivity index is 1.34. The zero-order valence-electron chi connectivity index (χ0n) is 18.9. The maximum Gasteiger partial charge on any atom is 0.268 e. The van der Waals surface area contributed by atoms with E-state index in [1.54, 1.807) is 13.2 Å². The summed E-state index contributed by atoms with van der Waals surface area (Å²) in [4.78, 5) is 14.8. The summed E-state index contributed by atoms with van der Waals surface area (Å²) in [6, 6.07) is 13.3. The number of para-hydroxylation sites is 2. The number of nitrogens with one attached hydrogen (secondary N) is 1. The molecule has 10 heteroatoms. The van der Waals surface area contributed by atoms with E-state index in [-0.39, 0.29) is 5.57 Å². The number of benzene rings is 1. The number of ether oxygens (including phenoxy) is 2. The first-order chi connectivity index (χ1) is 16.7. The van der Waals surface area contributed by atoms with Crippen molar-refractivity contribution in [3.8, 4) is 17.6 Å². The van der Waals surface area contributed by atoms with Crippen molar-refractivity contribution in [2.45, 2.75) is 25.8 Å². The molecule has 0 bridgehead atoms. The van der Waals surface area contributed by atoms with Crippen LogP contribution in [0.1, 0.15) is 25.0 Å². The maximum absolute atomic E-state index is 12.7. The highest BCUT2D eigenvalue weighted by atomic mass is 32.1. The minimum Gasteiger partial charge on any atom is -0.493 e. The molecule has 0 radical (unpaired) electrons. The maximum atomic E-state index is 12.7. The van der Waals surface area contributed by atoms with Crippen LogP contribution in [0.25, 0.3) is 6.08 Å². The van der Waals surface area contributed by atoms with Crippen LogP contribution < -0.4 is 19.7 Å². The van der Waals surface area contributed by atoms with Crippen LogP contribution in [0.3, 0.4) is 0 Å². The highest BCUT2D eigenvalue weighted by Gasteiger charge is 2.18. The number of carbonyl (C=O) groups is 1. The Morgan fingerprint density at radius 2 is 2.00 bits per heavy atom. The van der Waals surface area contributed by atoms with Crippen LogP contribution in [0.4, 0.5) is 10.3 Å². The van der Waals surface area contributed by atoms with Crippen molar-refractivity contribution >= 4 is 33.6 Å². The summed E-state index contributed by atoms with van der Waals surface area (Å²) >= 11 is 1.32. The first kappa shape index (κ1) is 23.3.